The normalized spacial score (nSPS) is 17.3. The minimum absolute atomic E-state index is 0.120. The molecule has 0 spiro atoms. The molecule has 1 aliphatic rings. The van der Waals surface area contributed by atoms with Gasteiger partial charge in [0.15, 0.2) is 0 Å². The molecule has 1 fully saturated rings. The lowest BCUT2D eigenvalue weighted by Gasteiger charge is -2.24. The molecular weight excluding hydrogens is 328 g/mol. The van der Waals surface area contributed by atoms with E-state index in [0.29, 0.717) is 16.1 Å². The van der Waals surface area contributed by atoms with E-state index in [1.54, 1.807) is 26.1 Å². The molecule has 1 aromatic rings. The van der Waals surface area contributed by atoms with Gasteiger partial charge in [0.2, 0.25) is 10.0 Å². The Kier molecular flexibility index (Phi) is 4.23. The van der Waals surface area contributed by atoms with E-state index in [4.69, 9.17) is 5.73 Å². The summed E-state index contributed by atoms with van der Waals surface area (Å²) in [4.78, 5) is 0.308. The Labute approximate surface area is 123 Å². The smallest absolute Gasteiger partial charge is 0.243 e. The van der Waals surface area contributed by atoms with E-state index in [2.05, 4.69) is 15.9 Å². The number of nitrogens with two attached hydrogens (primary N) is 1. The first-order valence-electron chi connectivity index (χ1n) is 6.37. The van der Waals surface area contributed by atoms with Gasteiger partial charge < -0.3 is 5.73 Å². The Hall–Kier alpha value is -0.590. The second-order valence-corrected chi connectivity index (χ2v) is 7.92. The van der Waals surface area contributed by atoms with Gasteiger partial charge >= 0.3 is 0 Å². The van der Waals surface area contributed by atoms with E-state index >= 15 is 0 Å². The van der Waals surface area contributed by atoms with Crippen molar-refractivity contribution in [3.63, 3.8) is 0 Å². The van der Waals surface area contributed by atoms with Crippen molar-refractivity contribution >= 4 is 31.6 Å². The zero-order valence-corrected chi connectivity index (χ0v) is 13.6. The van der Waals surface area contributed by atoms with Crippen LogP contribution in [0.25, 0.3) is 0 Å². The highest BCUT2D eigenvalue weighted by Crippen LogP contribution is 2.31. The van der Waals surface area contributed by atoms with Crippen LogP contribution in [-0.2, 0) is 10.0 Å². The Morgan fingerprint density at radius 2 is 1.89 bits per heavy atom. The molecule has 0 bridgehead atoms. The van der Waals surface area contributed by atoms with Gasteiger partial charge in [0.1, 0.15) is 0 Å². The van der Waals surface area contributed by atoms with E-state index in [9.17, 15) is 8.42 Å². The number of nitrogens with zero attached hydrogens (tertiary/aromatic N) is 1. The number of halogens is 1. The summed E-state index contributed by atoms with van der Waals surface area (Å²) in [5.41, 5.74) is 6.97. The lowest BCUT2D eigenvalue weighted by atomic mass is 10.2. The molecule has 106 valence electrons. The second kappa shape index (κ2) is 5.42. The molecule has 2 rings (SSSR count). The molecule has 1 saturated carbocycles. The average Bonchev–Trinajstić information content (AvgIpc) is 2.86. The molecule has 0 unspecified atom stereocenters. The Morgan fingerprint density at radius 3 is 2.47 bits per heavy atom. The van der Waals surface area contributed by atoms with Gasteiger partial charge in [0.25, 0.3) is 0 Å². The molecule has 0 radical (unpaired) electrons. The lowest BCUT2D eigenvalue weighted by molar-refractivity contribution is 0.373. The Bertz CT molecular complexity index is 581. The standard InChI is InChI=1S/C13H19BrN2O2S/c1-9-7-11(14)12(15)8-13(9)19(17,18)16(2)10-5-3-4-6-10/h7-8,10H,3-6,15H2,1-2H3. The van der Waals surface area contributed by atoms with Gasteiger partial charge in [-0.1, -0.05) is 12.8 Å². The lowest BCUT2D eigenvalue weighted by Crippen LogP contribution is -2.35. The van der Waals surface area contributed by atoms with Gasteiger partial charge in [-0.05, 0) is 53.4 Å². The third-order valence-electron chi connectivity index (χ3n) is 3.79. The summed E-state index contributed by atoms with van der Waals surface area (Å²) in [7, 11) is -1.79. The first-order valence-corrected chi connectivity index (χ1v) is 8.61. The van der Waals surface area contributed by atoms with E-state index < -0.39 is 10.0 Å². The summed E-state index contributed by atoms with van der Waals surface area (Å²) in [5, 5.41) is 0. The Balaban J connectivity index is 2.41. The quantitative estimate of drug-likeness (QED) is 0.855. The summed E-state index contributed by atoms with van der Waals surface area (Å²) >= 11 is 3.32. The summed E-state index contributed by atoms with van der Waals surface area (Å²) in [5.74, 6) is 0. The highest BCUT2D eigenvalue weighted by atomic mass is 79.9. The monoisotopic (exact) mass is 346 g/mol. The third kappa shape index (κ3) is 2.80. The van der Waals surface area contributed by atoms with E-state index in [-0.39, 0.29) is 6.04 Å². The summed E-state index contributed by atoms with van der Waals surface area (Å²) in [6, 6.07) is 3.42. The fourth-order valence-corrected chi connectivity index (χ4v) is 4.68. The van der Waals surface area contributed by atoms with Crippen LogP contribution in [0.2, 0.25) is 0 Å². The molecule has 1 aromatic carbocycles. The molecule has 0 atom stereocenters. The van der Waals surface area contributed by atoms with Crippen LogP contribution in [-0.4, -0.2) is 25.8 Å². The van der Waals surface area contributed by atoms with Gasteiger partial charge in [0, 0.05) is 23.2 Å². The minimum Gasteiger partial charge on any atom is -0.398 e. The van der Waals surface area contributed by atoms with Crippen molar-refractivity contribution in [3.8, 4) is 0 Å². The number of anilines is 1. The van der Waals surface area contributed by atoms with E-state index in [1.807, 2.05) is 0 Å². The van der Waals surface area contributed by atoms with Crippen LogP contribution >= 0.6 is 15.9 Å². The molecule has 0 aliphatic heterocycles. The highest BCUT2D eigenvalue weighted by Gasteiger charge is 2.31. The fourth-order valence-electron chi connectivity index (χ4n) is 2.57. The average molecular weight is 347 g/mol. The maximum absolute atomic E-state index is 12.7. The molecule has 0 heterocycles. The molecule has 2 N–H and O–H groups in total. The van der Waals surface area contributed by atoms with Crippen LogP contribution in [0.1, 0.15) is 31.2 Å². The predicted octanol–water partition coefficient (Wildman–Crippen LogP) is 2.90. The van der Waals surface area contributed by atoms with E-state index in [1.165, 1.54) is 4.31 Å². The second-order valence-electron chi connectivity index (χ2n) is 5.10. The number of hydrogen-bond donors (Lipinski definition) is 1. The van der Waals surface area contributed by atoms with Crippen LogP contribution in [0, 0.1) is 6.92 Å². The fraction of sp³-hybridized carbons (Fsp3) is 0.538. The van der Waals surface area contributed by atoms with Crippen molar-refractivity contribution in [2.45, 2.75) is 43.5 Å². The number of rotatable bonds is 3. The van der Waals surface area contributed by atoms with Crippen molar-refractivity contribution in [2.24, 2.45) is 0 Å². The van der Waals surface area contributed by atoms with Crippen LogP contribution in [0.3, 0.4) is 0 Å². The van der Waals surface area contributed by atoms with Crippen LogP contribution in [0.15, 0.2) is 21.5 Å². The van der Waals surface area contributed by atoms with Crippen molar-refractivity contribution < 1.29 is 8.42 Å². The number of aryl methyl sites for hydroxylation is 1. The van der Waals surface area contributed by atoms with Gasteiger partial charge in [-0.2, -0.15) is 4.31 Å². The van der Waals surface area contributed by atoms with Crippen LogP contribution in [0.4, 0.5) is 5.69 Å². The molecular formula is C13H19BrN2O2S. The number of hydrogen-bond acceptors (Lipinski definition) is 3. The van der Waals surface area contributed by atoms with Crippen LogP contribution in [0.5, 0.6) is 0 Å². The van der Waals surface area contributed by atoms with Crippen molar-refractivity contribution in [3.05, 3.63) is 22.2 Å². The maximum atomic E-state index is 12.7. The first kappa shape index (κ1) is 14.8. The third-order valence-corrected chi connectivity index (χ3v) is 6.53. The van der Waals surface area contributed by atoms with Gasteiger partial charge in [-0.25, -0.2) is 8.42 Å². The highest BCUT2D eigenvalue weighted by molar-refractivity contribution is 9.10. The predicted molar refractivity (Wildman–Crippen MR) is 80.5 cm³/mol. The zero-order valence-electron chi connectivity index (χ0n) is 11.2. The van der Waals surface area contributed by atoms with Crippen molar-refractivity contribution in [2.75, 3.05) is 12.8 Å². The molecule has 0 saturated heterocycles. The van der Waals surface area contributed by atoms with Crippen LogP contribution < -0.4 is 5.73 Å². The molecule has 0 amide bonds. The largest absolute Gasteiger partial charge is 0.398 e. The first-order chi connectivity index (χ1) is 8.84. The molecule has 0 aromatic heterocycles. The van der Waals surface area contributed by atoms with E-state index in [0.717, 1.165) is 30.2 Å². The zero-order chi connectivity index (χ0) is 14.2. The Morgan fingerprint density at radius 1 is 1.32 bits per heavy atom. The summed E-state index contributed by atoms with van der Waals surface area (Å²) in [6.45, 7) is 1.79. The summed E-state index contributed by atoms with van der Waals surface area (Å²) < 4.78 is 27.6. The summed E-state index contributed by atoms with van der Waals surface area (Å²) in [6.07, 6.45) is 4.10. The van der Waals surface area contributed by atoms with Gasteiger partial charge in [-0.15, -0.1) is 0 Å². The van der Waals surface area contributed by atoms with Crippen molar-refractivity contribution in [1.82, 2.24) is 4.31 Å². The van der Waals surface area contributed by atoms with Gasteiger partial charge in [-0.3, -0.25) is 0 Å². The topological polar surface area (TPSA) is 63.4 Å². The number of sulfonamides is 1. The molecule has 1 aliphatic carbocycles. The van der Waals surface area contributed by atoms with Crippen molar-refractivity contribution in [1.29, 1.82) is 0 Å². The number of benzene rings is 1. The molecule has 4 nitrogen and oxygen atoms in total. The van der Waals surface area contributed by atoms with Gasteiger partial charge in [0.05, 0.1) is 4.90 Å². The molecule has 19 heavy (non-hydrogen) atoms. The molecule has 6 heteroatoms. The minimum atomic E-state index is -3.46. The maximum Gasteiger partial charge on any atom is 0.243 e. The SMILES string of the molecule is Cc1cc(Br)c(N)cc1S(=O)(=O)N(C)C1CCCC1. The number of nitrogen functional groups attached to an aromatic ring is 1.